The van der Waals surface area contributed by atoms with Crippen molar-refractivity contribution < 1.29 is 9.13 Å². The van der Waals surface area contributed by atoms with E-state index in [1.54, 1.807) is 7.11 Å². The molecule has 1 aliphatic rings. The van der Waals surface area contributed by atoms with E-state index in [9.17, 15) is 4.39 Å². The molecule has 1 heterocycles. The lowest BCUT2D eigenvalue weighted by Gasteiger charge is -2.29. The molecule has 2 unspecified atom stereocenters. The number of piperidine rings is 1. The van der Waals surface area contributed by atoms with Crippen LogP contribution in [0, 0.1) is 5.82 Å². The van der Waals surface area contributed by atoms with E-state index in [0.29, 0.717) is 12.1 Å². The van der Waals surface area contributed by atoms with Gasteiger partial charge in [0.1, 0.15) is 5.82 Å². The predicted molar refractivity (Wildman–Crippen MR) is 57.2 cm³/mol. The Morgan fingerprint density at radius 2 is 2.00 bits per heavy atom. The van der Waals surface area contributed by atoms with E-state index in [1.165, 1.54) is 12.1 Å². The minimum atomic E-state index is -0.177. The van der Waals surface area contributed by atoms with Crippen LogP contribution in [0.15, 0.2) is 24.3 Å². The van der Waals surface area contributed by atoms with Gasteiger partial charge in [0.25, 0.3) is 0 Å². The van der Waals surface area contributed by atoms with Crippen molar-refractivity contribution in [3.8, 4) is 0 Å². The number of halogens is 1. The van der Waals surface area contributed by atoms with Gasteiger partial charge in [-0.15, -0.1) is 0 Å². The molecule has 0 aromatic heterocycles. The fourth-order valence-corrected chi connectivity index (χ4v) is 2.01. The molecule has 2 atom stereocenters. The zero-order valence-electron chi connectivity index (χ0n) is 8.87. The molecule has 2 rings (SSSR count). The monoisotopic (exact) mass is 209 g/mol. The molecule has 15 heavy (non-hydrogen) atoms. The van der Waals surface area contributed by atoms with Gasteiger partial charge in [-0.1, -0.05) is 12.1 Å². The van der Waals surface area contributed by atoms with Crippen LogP contribution in [-0.2, 0) is 4.74 Å². The molecule has 0 radical (unpaired) electrons. The third kappa shape index (κ3) is 2.55. The highest BCUT2D eigenvalue weighted by Crippen LogP contribution is 2.23. The molecular weight excluding hydrogens is 193 g/mol. The van der Waals surface area contributed by atoms with Crippen molar-refractivity contribution in [1.82, 2.24) is 5.32 Å². The molecule has 0 amide bonds. The number of hydrogen-bond donors (Lipinski definition) is 1. The molecule has 1 aromatic rings. The van der Waals surface area contributed by atoms with Crippen LogP contribution in [0.3, 0.4) is 0 Å². The summed E-state index contributed by atoms with van der Waals surface area (Å²) in [4.78, 5) is 0. The maximum Gasteiger partial charge on any atom is 0.123 e. The third-order valence-electron chi connectivity index (χ3n) is 2.97. The predicted octanol–water partition coefficient (Wildman–Crippen LogP) is 2.27. The summed E-state index contributed by atoms with van der Waals surface area (Å²) in [6, 6.07) is 7.07. The SMILES string of the molecule is COC1CCC(c2ccc(F)cc2)NC1. The Kier molecular flexibility index (Phi) is 3.34. The first-order valence-corrected chi connectivity index (χ1v) is 5.31. The van der Waals surface area contributed by atoms with Gasteiger partial charge in [0, 0.05) is 19.7 Å². The molecule has 0 aliphatic carbocycles. The number of benzene rings is 1. The molecule has 3 heteroatoms. The maximum absolute atomic E-state index is 12.7. The summed E-state index contributed by atoms with van der Waals surface area (Å²) >= 11 is 0. The van der Waals surface area contributed by atoms with Crippen molar-refractivity contribution >= 4 is 0 Å². The second-order valence-corrected chi connectivity index (χ2v) is 3.95. The maximum atomic E-state index is 12.7. The van der Waals surface area contributed by atoms with E-state index in [4.69, 9.17) is 4.74 Å². The number of nitrogens with one attached hydrogen (secondary N) is 1. The highest BCUT2D eigenvalue weighted by molar-refractivity contribution is 5.20. The van der Waals surface area contributed by atoms with E-state index in [0.717, 1.165) is 24.9 Å². The van der Waals surface area contributed by atoms with Crippen molar-refractivity contribution in [2.24, 2.45) is 0 Å². The number of rotatable bonds is 2. The fourth-order valence-electron chi connectivity index (χ4n) is 2.01. The lowest BCUT2D eigenvalue weighted by atomic mass is 9.96. The van der Waals surface area contributed by atoms with Gasteiger partial charge in [-0.3, -0.25) is 0 Å². The Hall–Kier alpha value is -0.930. The van der Waals surface area contributed by atoms with E-state index >= 15 is 0 Å². The summed E-state index contributed by atoms with van der Waals surface area (Å²) < 4.78 is 18.0. The second kappa shape index (κ2) is 4.73. The number of ether oxygens (including phenoxy) is 1. The van der Waals surface area contributed by atoms with Gasteiger partial charge in [-0.05, 0) is 30.5 Å². The summed E-state index contributed by atoms with van der Waals surface area (Å²) in [5.41, 5.74) is 1.16. The third-order valence-corrected chi connectivity index (χ3v) is 2.97. The molecule has 1 saturated heterocycles. The first-order chi connectivity index (χ1) is 7.29. The van der Waals surface area contributed by atoms with E-state index < -0.39 is 0 Å². The van der Waals surface area contributed by atoms with Crippen LogP contribution in [0.1, 0.15) is 24.4 Å². The van der Waals surface area contributed by atoms with Gasteiger partial charge in [-0.25, -0.2) is 4.39 Å². The van der Waals surface area contributed by atoms with Crippen LogP contribution in [0.2, 0.25) is 0 Å². The zero-order valence-corrected chi connectivity index (χ0v) is 8.87. The summed E-state index contributed by atoms with van der Waals surface area (Å²) in [5, 5.41) is 3.41. The average Bonchev–Trinajstić information content (AvgIpc) is 2.30. The van der Waals surface area contributed by atoms with Crippen LogP contribution in [0.25, 0.3) is 0 Å². The van der Waals surface area contributed by atoms with E-state index in [-0.39, 0.29) is 5.82 Å². The van der Waals surface area contributed by atoms with Gasteiger partial charge >= 0.3 is 0 Å². The molecule has 82 valence electrons. The molecular formula is C12H16FNO. The topological polar surface area (TPSA) is 21.3 Å². The Labute approximate surface area is 89.4 Å². The molecule has 1 aliphatic heterocycles. The lowest BCUT2D eigenvalue weighted by molar-refractivity contribution is 0.0705. The molecule has 0 spiro atoms. The number of methoxy groups -OCH3 is 1. The highest BCUT2D eigenvalue weighted by atomic mass is 19.1. The Morgan fingerprint density at radius 3 is 2.53 bits per heavy atom. The summed E-state index contributed by atoms with van der Waals surface area (Å²) in [5.74, 6) is -0.177. The first kappa shape index (κ1) is 10.6. The van der Waals surface area contributed by atoms with Gasteiger partial charge in [0.05, 0.1) is 6.10 Å². The van der Waals surface area contributed by atoms with Crippen molar-refractivity contribution in [2.45, 2.75) is 25.0 Å². The van der Waals surface area contributed by atoms with Crippen LogP contribution in [0.4, 0.5) is 4.39 Å². The second-order valence-electron chi connectivity index (χ2n) is 3.95. The minimum absolute atomic E-state index is 0.177. The first-order valence-electron chi connectivity index (χ1n) is 5.31. The van der Waals surface area contributed by atoms with Crippen molar-refractivity contribution in [3.63, 3.8) is 0 Å². The zero-order chi connectivity index (χ0) is 10.7. The quantitative estimate of drug-likeness (QED) is 0.806. The number of hydrogen-bond acceptors (Lipinski definition) is 2. The van der Waals surface area contributed by atoms with Crippen LogP contribution in [-0.4, -0.2) is 19.8 Å². The Balaban J connectivity index is 1.98. The Morgan fingerprint density at radius 1 is 1.27 bits per heavy atom. The molecule has 1 aromatic carbocycles. The van der Waals surface area contributed by atoms with Crippen LogP contribution >= 0.6 is 0 Å². The smallest absolute Gasteiger partial charge is 0.123 e. The van der Waals surface area contributed by atoms with Crippen LogP contribution in [0.5, 0.6) is 0 Å². The molecule has 0 bridgehead atoms. The van der Waals surface area contributed by atoms with Gasteiger partial charge in [-0.2, -0.15) is 0 Å². The molecule has 1 N–H and O–H groups in total. The van der Waals surface area contributed by atoms with Crippen molar-refractivity contribution in [1.29, 1.82) is 0 Å². The normalized spacial score (nSPS) is 26.5. The molecule has 1 fully saturated rings. The van der Waals surface area contributed by atoms with E-state index in [2.05, 4.69) is 5.32 Å². The van der Waals surface area contributed by atoms with Crippen molar-refractivity contribution in [3.05, 3.63) is 35.6 Å². The molecule has 0 saturated carbocycles. The largest absolute Gasteiger partial charge is 0.380 e. The van der Waals surface area contributed by atoms with Gasteiger partial charge in [0.15, 0.2) is 0 Å². The van der Waals surface area contributed by atoms with Crippen LogP contribution < -0.4 is 5.32 Å². The average molecular weight is 209 g/mol. The van der Waals surface area contributed by atoms with E-state index in [1.807, 2.05) is 12.1 Å². The molecule has 2 nitrogen and oxygen atoms in total. The summed E-state index contributed by atoms with van der Waals surface area (Å²) in [6.45, 7) is 0.874. The lowest BCUT2D eigenvalue weighted by Crippen LogP contribution is -2.37. The fraction of sp³-hybridized carbons (Fsp3) is 0.500. The van der Waals surface area contributed by atoms with Gasteiger partial charge < -0.3 is 10.1 Å². The summed E-state index contributed by atoms with van der Waals surface area (Å²) in [7, 11) is 1.74. The Bertz CT molecular complexity index is 304. The highest BCUT2D eigenvalue weighted by Gasteiger charge is 2.20. The van der Waals surface area contributed by atoms with Gasteiger partial charge in [0.2, 0.25) is 0 Å². The summed E-state index contributed by atoms with van der Waals surface area (Å²) in [6.07, 6.45) is 2.43. The standard InChI is InChI=1S/C12H16FNO/c1-15-11-6-7-12(14-8-11)9-2-4-10(13)5-3-9/h2-5,11-12,14H,6-8H2,1H3. The minimum Gasteiger partial charge on any atom is -0.380 e. The van der Waals surface area contributed by atoms with Crippen molar-refractivity contribution in [2.75, 3.05) is 13.7 Å².